The van der Waals surface area contributed by atoms with E-state index in [4.69, 9.17) is 11.5 Å². The van der Waals surface area contributed by atoms with Gasteiger partial charge in [-0.2, -0.15) is 9.97 Å². The predicted molar refractivity (Wildman–Crippen MR) is 90.7 cm³/mol. The van der Waals surface area contributed by atoms with Crippen molar-refractivity contribution in [3.05, 3.63) is 5.56 Å². The van der Waals surface area contributed by atoms with E-state index in [2.05, 4.69) is 47.6 Å². The number of aromatic nitrogens is 2. The van der Waals surface area contributed by atoms with E-state index in [1.807, 2.05) is 0 Å². The third-order valence-corrected chi connectivity index (χ3v) is 4.71. The van der Waals surface area contributed by atoms with Gasteiger partial charge in [0.2, 0.25) is 5.95 Å². The number of nitrogens with two attached hydrogens (primary N) is 2. The highest BCUT2D eigenvalue weighted by Gasteiger charge is 2.40. The Morgan fingerprint density at radius 1 is 1.05 bits per heavy atom. The molecule has 2 atom stereocenters. The van der Waals surface area contributed by atoms with Crippen LogP contribution in [0.4, 0.5) is 17.6 Å². The summed E-state index contributed by atoms with van der Waals surface area (Å²) in [6, 6.07) is 0. The summed E-state index contributed by atoms with van der Waals surface area (Å²) < 4.78 is 0. The van der Waals surface area contributed by atoms with E-state index >= 15 is 0 Å². The van der Waals surface area contributed by atoms with Crippen LogP contribution in [-0.4, -0.2) is 48.1 Å². The maximum Gasteiger partial charge on any atom is 0.223 e. The van der Waals surface area contributed by atoms with E-state index in [-0.39, 0.29) is 11.4 Å². The molecule has 1 aromatic rings. The Bertz CT molecular complexity index is 550. The van der Waals surface area contributed by atoms with Gasteiger partial charge in [0.05, 0.1) is 0 Å². The molecule has 0 radical (unpaired) electrons. The number of fused-ring (bicyclic) bond motifs is 1. The molecule has 2 unspecified atom stereocenters. The third kappa shape index (κ3) is 2.97. The number of hydrogen-bond acceptors (Lipinski definition) is 6. The molecule has 0 spiro atoms. The molecule has 6 heteroatoms. The zero-order valence-electron chi connectivity index (χ0n) is 14.1. The first-order valence-corrected chi connectivity index (χ1v) is 8.08. The normalized spacial score (nSPS) is 25.7. The second kappa shape index (κ2) is 5.26. The van der Waals surface area contributed by atoms with Crippen molar-refractivity contribution >= 4 is 17.6 Å². The Hall–Kier alpha value is -1.56. The molecular weight excluding hydrogens is 276 g/mol. The van der Waals surface area contributed by atoms with Gasteiger partial charge in [-0.05, 0) is 30.7 Å². The molecule has 1 aromatic heterocycles. The van der Waals surface area contributed by atoms with Gasteiger partial charge < -0.3 is 21.3 Å². The van der Waals surface area contributed by atoms with Gasteiger partial charge in [-0.15, -0.1) is 0 Å². The van der Waals surface area contributed by atoms with Crippen LogP contribution in [0.1, 0.15) is 26.3 Å². The van der Waals surface area contributed by atoms with Crippen molar-refractivity contribution < 1.29 is 0 Å². The van der Waals surface area contributed by atoms with Crippen LogP contribution in [0.2, 0.25) is 0 Å². The summed E-state index contributed by atoms with van der Waals surface area (Å²) in [4.78, 5) is 13.5. The average molecular weight is 304 g/mol. The smallest absolute Gasteiger partial charge is 0.223 e. The monoisotopic (exact) mass is 304 g/mol. The van der Waals surface area contributed by atoms with E-state index in [1.54, 1.807) is 0 Å². The van der Waals surface area contributed by atoms with Crippen LogP contribution in [0.25, 0.3) is 0 Å². The van der Waals surface area contributed by atoms with Crippen LogP contribution in [-0.2, 0) is 6.42 Å². The van der Waals surface area contributed by atoms with Crippen LogP contribution in [0.5, 0.6) is 0 Å². The van der Waals surface area contributed by atoms with Crippen molar-refractivity contribution in [2.45, 2.75) is 27.2 Å². The van der Waals surface area contributed by atoms with Crippen molar-refractivity contribution in [3.8, 4) is 0 Å². The molecule has 0 saturated carbocycles. The minimum atomic E-state index is 0.137. The highest BCUT2D eigenvalue weighted by atomic mass is 15.3. The Balaban J connectivity index is 1.90. The molecule has 0 aromatic carbocycles. The first-order chi connectivity index (χ1) is 10.2. The second-order valence-electron chi connectivity index (χ2n) is 8.15. The second-order valence-corrected chi connectivity index (χ2v) is 8.15. The van der Waals surface area contributed by atoms with Gasteiger partial charge in [0.25, 0.3) is 0 Å². The maximum atomic E-state index is 6.17. The largest absolute Gasteiger partial charge is 0.383 e. The lowest BCUT2D eigenvalue weighted by Crippen LogP contribution is -2.29. The summed E-state index contributed by atoms with van der Waals surface area (Å²) in [6.45, 7) is 11.1. The van der Waals surface area contributed by atoms with Gasteiger partial charge in [-0.25, -0.2) is 0 Å². The molecule has 0 aliphatic carbocycles. The van der Waals surface area contributed by atoms with E-state index in [0.717, 1.165) is 42.7 Å². The van der Waals surface area contributed by atoms with Gasteiger partial charge in [0.1, 0.15) is 11.6 Å². The molecule has 2 fully saturated rings. The molecule has 0 bridgehead atoms. The molecule has 3 rings (SSSR count). The van der Waals surface area contributed by atoms with Crippen LogP contribution in [0.3, 0.4) is 0 Å². The van der Waals surface area contributed by atoms with Crippen molar-refractivity contribution in [1.82, 2.24) is 14.9 Å². The fourth-order valence-corrected chi connectivity index (χ4v) is 3.87. The summed E-state index contributed by atoms with van der Waals surface area (Å²) in [7, 11) is 2.20. The fourth-order valence-electron chi connectivity index (χ4n) is 3.87. The van der Waals surface area contributed by atoms with E-state index in [0.29, 0.717) is 5.82 Å². The molecule has 22 heavy (non-hydrogen) atoms. The van der Waals surface area contributed by atoms with E-state index in [1.165, 1.54) is 13.1 Å². The number of hydrogen-bond donors (Lipinski definition) is 2. The van der Waals surface area contributed by atoms with E-state index < -0.39 is 0 Å². The highest BCUT2D eigenvalue weighted by molar-refractivity contribution is 5.60. The lowest BCUT2D eigenvalue weighted by Gasteiger charge is -2.26. The average Bonchev–Trinajstić information content (AvgIpc) is 2.87. The van der Waals surface area contributed by atoms with Crippen molar-refractivity contribution in [1.29, 1.82) is 0 Å². The fraction of sp³-hybridized carbons (Fsp3) is 0.750. The molecule has 2 aliphatic rings. The molecule has 0 amide bonds. The van der Waals surface area contributed by atoms with E-state index in [9.17, 15) is 0 Å². The van der Waals surface area contributed by atoms with Crippen molar-refractivity contribution in [2.24, 2.45) is 17.3 Å². The molecule has 2 saturated heterocycles. The zero-order chi connectivity index (χ0) is 16.1. The Morgan fingerprint density at radius 2 is 1.64 bits per heavy atom. The van der Waals surface area contributed by atoms with Gasteiger partial charge in [0.15, 0.2) is 0 Å². The topological polar surface area (TPSA) is 84.3 Å². The number of likely N-dealkylation sites (tertiary alicyclic amines) is 1. The first kappa shape index (κ1) is 15.3. The molecule has 4 N–H and O–H groups in total. The molecule has 122 valence electrons. The van der Waals surface area contributed by atoms with Gasteiger partial charge >= 0.3 is 0 Å². The van der Waals surface area contributed by atoms with Crippen molar-refractivity contribution in [2.75, 3.05) is 49.6 Å². The molecular formula is C16H28N6. The first-order valence-electron chi connectivity index (χ1n) is 8.08. The van der Waals surface area contributed by atoms with Crippen molar-refractivity contribution in [3.63, 3.8) is 0 Å². The Kier molecular flexibility index (Phi) is 3.67. The third-order valence-electron chi connectivity index (χ3n) is 4.71. The molecule has 6 nitrogen and oxygen atoms in total. The Labute approximate surface area is 132 Å². The number of anilines is 3. The summed E-state index contributed by atoms with van der Waals surface area (Å²) in [5.74, 6) is 3.22. The maximum absolute atomic E-state index is 6.17. The highest BCUT2D eigenvalue weighted by Crippen LogP contribution is 2.37. The molecule has 3 heterocycles. The van der Waals surface area contributed by atoms with Gasteiger partial charge in [-0.1, -0.05) is 20.8 Å². The summed E-state index contributed by atoms with van der Waals surface area (Å²) in [6.07, 6.45) is 0.861. The van der Waals surface area contributed by atoms with Crippen LogP contribution in [0.15, 0.2) is 0 Å². The van der Waals surface area contributed by atoms with Crippen LogP contribution < -0.4 is 16.4 Å². The quantitative estimate of drug-likeness (QED) is 0.855. The van der Waals surface area contributed by atoms with Gasteiger partial charge in [0, 0.05) is 31.7 Å². The summed E-state index contributed by atoms with van der Waals surface area (Å²) >= 11 is 0. The number of nitrogen functional groups attached to an aromatic ring is 2. The minimum Gasteiger partial charge on any atom is -0.383 e. The van der Waals surface area contributed by atoms with Crippen LogP contribution >= 0.6 is 0 Å². The predicted octanol–water partition coefficient (Wildman–Crippen LogP) is 1.23. The number of rotatable bonds is 2. The van der Waals surface area contributed by atoms with Crippen LogP contribution in [0, 0.1) is 17.3 Å². The lowest BCUT2D eigenvalue weighted by atomic mass is 9.88. The number of nitrogens with zero attached hydrogens (tertiary/aromatic N) is 4. The SMILES string of the molecule is CN1CC2CN(c3nc(N)nc(N)c3CC(C)(C)C)CC2C1. The standard InChI is InChI=1S/C16H28N6/c1-16(2,3)5-12-13(17)19-15(18)20-14(12)22-8-10-6-21(4)7-11(10)9-22/h10-11H,5-9H2,1-4H3,(H4,17,18,19,20). The summed E-state index contributed by atoms with van der Waals surface area (Å²) in [5.41, 5.74) is 13.2. The summed E-state index contributed by atoms with van der Waals surface area (Å²) in [5, 5.41) is 0. The minimum absolute atomic E-state index is 0.137. The molecule has 2 aliphatic heterocycles. The Morgan fingerprint density at radius 3 is 2.18 bits per heavy atom. The lowest BCUT2D eigenvalue weighted by molar-refractivity contribution is 0.386. The van der Waals surface area contributed by atoms with Gasteiger partial charge in [-0.3, -0.25) is 0 Å². The zero-order valence-corrected chi connectivity index (χ0v) is 14.1.